The first-order chi connectivity index (χ1) is 12.3. The Kier molecular flexibility index (Phi) is 4.48. The number of nitrogens with zero attached hydrogens (tertiary/aromatic N) is 2. The molecule has 0 aliphatic carbocycles. The molecule has 0 radical (unpaired) electrons. The molecule has 0 bridgehead atoms. The predicted octanol–water partition coefficient (Wildman–Crippen LogP) is 2.39. The van der Waals surface area contributed by atoms with Gasteiger partial charge in [0.05, 0.1) is 32.4 Å². The van der Waals surface area contributed by atoms with Crippen LogP contribution in [-0.2, 0) is 6.54 Å². The second-order valence-electron chi connectivity index (χ2n) is 6.37. The van der Waals surface area contributed by atoms with Crippen LogP contribution < -0.4 is 9.80 Å². The molecule has 1 saturated heterocycles. The minimum absolute atomic E-state index is 0.189. The van der Waals surface area contributed by atoms with Crippen LogP contribution >= 0.6 is 0 Å². The first kappa shape index (κ1) is 15.8. The first-order valence-electron chi connectivity index (χ1n) is 8.62. The van der Waals surface area contributed by atoms with E-state index in [2.05, 4.69) is 9.88 Å². The molecule has 4 rings (SSSR count). The highest BCUT2D eigenvalue weighted by Crippen LogP contribution is 2.19. The van der Waals surface area contributed by atoms with Gasteiger partial charge < -0.3 is 14.2 Å². The number of hydrogen-bond donors (Lipinski definition) is 1. The highest BCUT2D eigenvalue weighted by atomic mass is 19.1. The Morgan fingerprint density at radius 1 is 1.00 bits per heavy atom. The van der Waals surface area contributed by atoms with E-state index in [1.807, 2.05) is 42.5 Å². The summed E-state index contributed by atoms with van der Waals surface area (Å²) in [4.78, 5) is 8.19. The lowest BCUT2D eigenvalue weighted by Crippen LogP contribution is -3.13. The highest BCUT2D eigenvalue weighted by Gasteiger charge is 2.22. The Morgan fingerprint density at radius 3 is 2.44 bits per heavy atom. The van der Waals surface area contributed by atoms with Crippen molar-refractivity contribution in [1.29, 1.82) is 0 Å². The summed E-state index contributed by atoms with van der Waals surface area (Å²) in [5, 5.41) is 0. The van der Waals surface area contributed by atoms with Gasteiger partial charge in [0.2, 0.25) is 0 Å². The van der Waals surface area contributed by atoms with Gasteiger partial charge in [0.15, 0.2) is 12.3 Å². The number of nitrogens with one attached hydrogen (secondary N) is 1. The standard InChI is InChI=1S/C20H20FN3O/c21-17-6-8-18(9-7-17)24-12-10-23(11-13-24)15-20-22-14-19(25-20)16-4-2-1-3-5-16/h1-9,14H,10-13,15H2/p+1. The summed E-state index contributed by atoms with van der Waals surface area (Å²) < 4.78 is 19.0. The van der Waals surface area contributed by atoms with Crippen molar-refractivity contribution in [1.82, 2.24) is 4.98 Å². The fourth-order valence-electron chi connectivity index (χ4n) is 3.25. The van der Waals surface area contributed by atoms with Gasteiger partial charge in [-0.05, 0) is 24.3 Å². The van der Waals surface area contributed by atoms with Gasteiger partial charge in [0.1, 0.15) is 5.82 Å². The summed E-state index contributed by atoms with van der Waals surface area (Å²) in [5.74, 6) is 1.41. The van der Waals surface area contributed by atoms with Gasteiger partial charge in [-0.3, -0.25) is 0 Å². The van der Waals surface area contributed by atoms with E-state index in [9.17, 15) is 4.39 Å². The van der Waals surface area contributed by atoms with E-state index in [0.717, 1.165) is 55.6 Å². The van der Waals surface area contributed by atoms with Crippen molar-refractivity contribution in [2.75, 3.05) is 31.1 Å². The maximum absolute atomic E-state index is 13.0. The van der Waals surface area contributed by atoms with E-state index in [1.54, 1.807) is 6.20 Å². The fraction of sp³-hybridized carbons (Fsp3) is 0.250. The van der Waals surface area contributed by atoms with Gasteiger partial charge in [0, 0.05) is 11.3 Å². The van der Waals surface area contributed by atoms with E-state index in [4.69, 9.17) is 4.42 Å². The van der Waals surface area contributed by atoms with Crippen molar-refractivity contribution in [3.05, 3.63) is 72.5 Å². The van der Waals surface area contributed by atoms with E-state index >= 15 is 0 Å². The van der Waals surface area contributed by atoms with Crippen LogP contribution in [-0.4, -0.2) is 31.2 Å². The van der Waals surface area contributed by atoms with Crippen LogP contribution in [0, 0.1) is 5.82 Å². The molecular formula is C20H21FN3O+. The third-order valence-corrected chi connectivity index (χ3v) is 4.68. The molecule has 5 heteroatoms. The van der Waals surface area contributed by atoms with E-state index < -0.39 is 0 Å². The van der Waals surface area contributed by atoms with Gasteiger partial charge in [0.25, 0.3) is 5.89 Å². The average Bonchev–Trinajstić information content (AvgIpc) is 3.12. The number of quaternary nitrogens is 1. The average molecular weight is 338 g/mol. The largest absolute Gasteiger partial charge is 0.435 e. The predicted molar refractivity (Wildman–Crippen MR) is 95.0 cm³/mol. The Labute approximate surface area is 146 Å². The lowest BCUT2D eigenvalue weighted by atomic mass is 10.2. The van der Waals surface area contributed by atoms with Crippen molar-refractivity contribution in [3.63, 3.8) is 0 Å². The van der Waals surface area contributed by atoms with Gasteiger partial charge in [-0.25, -0.2) is 9.37 Å². The molecule has 25 heavy (non-hydrogen) atoms. The molecule has 1 N–H and O–H groups in total. The van der Waals surface area contributed by atoms with Crippen molar-refractivity contribution in [2.45, 2.75) is 6.54 Å². The third-order valence-electron chi connectivity index (χ3n) is 4.68. The molecule has 2 aromatic carbocycles. The third kappa shape index (κ3) is 3.72. The van der Waals surface area contributed by atoms with Gasteiger partial charge in [-0.15, -0.1) is 0 Å². The maximum Gasteiger partial charge on any atom is 0.250 e. The summed E-state index contributed by atoms with van der Waals surface area (Å²) in [7, 11) is 0. The monoisotopic (exact) mass is 338 g/mol. The minimum atomic E-state index is -0.189. The van der Waals surface area contributed by atoms with Crippen LogP contribution in [0.1, 0.15) is 5.89 Å². The maximum atomic E-state index is 13.0. The Balaban J connectivity index is 1.34. The lowest BCUT2D eigenvalue weighted by molar-refractivity contribution is -0.915. The van der Waals surface area contributed by atoms with Gasteiger partial charge in [-0.2, -0.15) is 0 Å². The van der Waals surface area contributed by atoms with Gasteiger partial charge in [-0.1, -0.05) is 30.3 Å². The topological polar surface area (TPSA) is 33.7 Å². The van der Waals surface area contributed by atoms with Crippen molar-refractivity contribution < 1.29 is 13.7 Å². The van der Waals surface area contributed by atoms with E-state index in [-0.39, 0.29) is 5.82 Å². The van der Waals surface area contributed by atoms with E-state index in [1.165, 1.54) is 17.0 Å². The van der Waals surface area contributed by atoms with Crippen LogP contribution in [0.4, 0.5) is 10.1 Å². The summed E-state index contributed by atoms with van der Waals surface area (Å²) in [5.41, 5.74) is 2.14. The summed E-state index contributed by atoms with van der Waals surface area (Å²) in [6, 6.07) is 16.8. The Morgan fingerprint density at radius 2 is 1.72 bits per heavy atom. The van der Waals surface area contributed by atoms with Crippen LogP contribution in [0.15, 0.2) is 65.2 Å². The van der Waals surface area contributed by atoms with Crippen LogP contribution in [0.25, 0.3) is 11.3 Å². The molecule has 1 aromatic heterocycles. The molecule has 1 fully saturated rings. The molecule has 3 aromatic rings. The summed E-state index contributed by atoms with van der Waals surface area (Å²) >= 11 is 0. The SMILES string of the molecule is Fc1ccc(N2CC[NH+](Cc3ncc(-c4ccccc4)o3)CC2)cc1. The number of benzene rings is 2. The second-order valence-corrected chi connectivity index (χ2v) is 6.37. The lowest BCUT2D eigenvalue weighted by Gasteiger charge is -2.33. The normalized spacial score (nSPS) is 15.5. The zero-order chi connectivity index (χ0) is 17.1. The molecule has 0 amide bonds. The number of hydrogen-bond acceptors (Lipinski definition) is 3. The van der Waals surface area contributed by atoms with Crippen LogP contribution in [0.3, 0.4) is 0 Å². The number of anilines is 1. The zero-order valence-electron chi connectivity index (χ0n) is 14.0. The molecule has 0 saturated carbocycles. The number of rotatable bonds is 4. The summed E-state index contributed by atoms with van der Waals surface area (Å²) in [6.07, 6.45) is 1.80. The van der Waals surface area contributed by atoms with Crippen molar-refractivity contribution in [2.24, 2.45) is 0 Å². The van der Waals surface area contributed by atoms with E-state index in [0.29, 0.717) is 0 Å². The quantitative estimate of drug-likeness (QED) is 0.793. The number of aromatic nitrogens is 1. The van der Waals surface area contributed by atoms with Gasteiger partial charge >= 0.3 is 0 Å². The smallest absolute Gasteiger partial charge is 0.250 e. The minimum Gasteiger partial charge on any atom is -0.435 e. The number of piperazine rings is 1. The molecule has 0 atom stereocenters. The molecule has 0 unspecified atom stereocenters. The molecule has 1 aliphatic rings. The van der Waals surface area contributed by atoms with Crippen molar-refractivity contribution in [3.8, 4) is 11.3 Å². The first-order valence-corrected chi connectivity index (χ1v) is 8.62. The number of oxazole rings is 1. The van der Waals surface area contributed by atoms with Crippen LogP contribution in [0.5, 0.6) is 0 Å². The van der Waals surface area contributed by atoms with Crippen LogP contribution in [0.2, 0.25) is 0 Å². The Bertz CT molecular complexity index is 808. The molecule has 1 aliphatic heterocycles. The van der Waals surface area contributed by atoms with Crippen molar-refractivity contribution >= 4 is 5.69 Å². The molecule has 0 spiro atoms. The molecule has 128 valence electrons. The summed E-state index contributed by atoms with van der Waals surface area (Å²) in [6.45, 7) is 4.73. The highest BCUT2D eigenvalue weighted by molar-refractivity contribution is 5.55. The molecule has 4 nitrogen and oxygen atoms in total. The Hall–Kier alpha value is -2.66. The second kappa shape index (κ2) is 7.07. The molecular weight excluding hydrogens is 317 g/mol. The molecule has 2 heterocycles. The number of halogens is 1. The fourth-order valence-corrected chi connectivity index (χ4v) is 3.25. The zero-order valence-corrected chi connectivity index (χ0v) is 14.0.